The highest BCUT2D eigenvalue weighted by molar-refractivity contribution is 7.99. The number of rotatable bonds is 1. The van der Waals surface area contributed by atoms with Crippen LogP contribution in [-0.4, -0.2) is 24.1 Å². The van der Waals surface area contributed by atoms with Gasteiger partial charge in [0, 0.05) is 24.1 Å². The van der Waals surface area contributed by atoms with Crippen molar-refractivity contribution in [1.29, 1.82) is 5.26 Å². The smallest absolute Gasteiger partial charge is 0.150 e. The summed E-state index contributed by atoms with van der Waals surface area (Å²) in [5.74, 6) is 0.419. The van der Waals surface area contributed by atoms with E-state index in [0.717, 1.165) is 23.6 Å². The van der Waals surface area contributed by atoms with E-state index in [1.807, 2.05) is 6.92 Å². The van der Waals surface area contributed by atoms with E-state index in [1.54, 1.807) is 22.7 Å². The lowest BCUT2D eigenvalue weighted by Crippen LogP contribution is -2.41. The Morgan fingerprint density at radius 1 is 1.41 bits per heavy atom. The fraction of sp³-hybridized carbons (Fsp3) is 0.417. The number of benzene rings is 1. The van der Waals surface area contributed by atoms with E-state index in [2.05, 4.69) is 0 Å². The minimum Gasteiger partial charge on any atom is -0.362 e. The topological polar surface area (TPSA) is 27.0 Å². The van der Waals surface area contributed by atoms with Crippen LogP contribution in [-0.2, 0) is 0 Å². The second-order valence-electron chi connectivity index (χ2n) is 4.02. The van der Waals surface area contributed by atoms with Gasteiger partial charge in [-0.15, -0.1) is 0 Å². The van der Waals surface area contributed by atoms with Crippen LogP contribution in [0.1, 0.15) is 12.5 Å². The Kier molecular flexibility index (Phi) is 3.53. The van der Waals surface area contributed by atoms with Crippen LogP contribution in [0.25, 0.3) is 0 Å². The molecule has 1 heterocycles. The van der Waals surface area contributed by atoms with Crippen LogP contribution >= 0.6 is 11.8 Å². The van der Waals surface area contributed by atoms with Gasteiger partial charge in [-0.2, -0.15) is 17.0 Å². The fourth-order valence-corrected chi connectivity index (χ4v) is 2.98. The lowest BCUT2D eigenvalue weighted by atomic mass is 10.1. The maximum atomic E-state index is 13.8. The number of halogens is 2. The van der Waals surface area contributed by atoms with Crippen LogP contribution in [0.2, 0.25) is 0 Å². The second-order valence-corrected chi connectivity index (χ2v) is 5.17. The first kappa shape index (κ1) is 12.2. The van der Waals surface area contributed by atoms with Crippen molar-refractivity contribution in [2.45, 2.75) is 13.0 Å². The summed E-state index contributed by atoms with van der Waals surface area (Å²) in [7, 11) is 0. The zero-order valence-electron chi connectivity index (χ0n) is 9.41. The van der Waals surface area contributed by atoms with Gasteiger partial charge in [0.15, 0.2) is 11.6 Å². The Labute approximate surface area is 103 Å². The van der Waals surface area contributed by atoms with E-state index in [4.69, 9.17) is 5.26 Å². The quantitative estimate of drug-likeness (QED) is 0.771. The Hall–Kier alpha value is -1.28. The van der Waals surface area contributed by atoms with Crippen LogP contribution in [0.5, 0.6) is 0 Å². The van der Waals surface area contributed by atoms with Gasteiger partial charge in [0.2, 0.25) is 0 Å². The van der Waals surface area contributed by atoms with Crippen LogP contribution in [0.4, 0.5) is 14.5 Å². The number of anilines is 1. The lowest BCUT2D eigenvalue weighted by molar-refractivity contribution is 0.558. The molecule has 0 N–H and O–H groups in total. The molecule has 1 fully saturated rings. The number of hydrogen-bond donors (Lipinski definition) is 0. The van der Waals surface area contributed by atoms with E-state index >= 15 is 0 Å². The molecule has 0 saturated carbocycles. The first-order valence-corrected chi connectivity index (χ1v) is 6.52. The van der Waals surface area contributed by atoms with Crippen LogP contribution in [0, 0.1) is 23.0 Å². The van der Waals surface area contributed by atoms with Crippen molar-refractivity contribution in [1.82, 2.24) is 0 Å². The molecule has 5 heteroatoms. The first-order valence-electron chi connectivity index (χ1n) is 5.37. The van der Waals surface area contributed by atoms with Gasteiger partial charge in [0.05, 0.1) is 11.6 Å². The van der Waals surface area contributed by atoms with Crippen LogP contribution in [0.15, 0.2) is 12.1 Å². The molecule has 1 aliphatic heterocycles. The Balaban J connectivity index is 2.41. The zero-order chi connectivity index (χ0) is 12.4. The molecule has 1 atom stereocenters. The van der Waals surface area contributed by atoms with Crippen molar-refractivity contribution in [3.05, 3.63) is 29.3 Å². The summed E-state index contributed by atoms with van der Waals surface area (Å²) in [5.41, 5.74) is 0.0135. The molecule has 17 heavy (non-hydrogen) atoms. The Bertz CT molecular complexity index is 447. The van der Waals surface area contributed by atoms with Crippen molar-refractivity contribution < 1.29 is 8.78 Å². The van der Waals surface area contributed by atoms with Crippen LogP contribution in [0.3, 0.4) is 0 Å². The van der Waals surface area contributed by atoms with Crippen LogP contribution < -0.4 is 4.90 Å². The molecule has 2 nitrogen and oxygen atoms in total. The van der Waals surface area contributed by atoms with Gasteiger partial charge in [0.1, 0.15) is 5.69 Å². The van der Waals surface area contributed by atoms with E-state index in [1.165, 1.54) is 0 Å². The molecule has 0 aromatic heterocycles. The van der Waals surface area contributed by atoms with Gasteiger partial charge in [0.25, 0.3) is 0 Å². The highest BCUT2D eigenvalue weighted by Gasteiger charge is 2.25. The minimum absolute atomic E-state index is 0.00296. The molecule has 0 amide bonds. The summed E-state index contributed by atoms with van der Waals surface area (Å²) < 4.78 is 27.6. The van der Waals surface area contributed by atoms with E-state index in [0.29, 0.717) is 6.54 Å². The van der Waals surface area contributed by atoms with Crippen molar-refractivity contribution in [2.75, 3.05) is 23.0 Å². The van der Waals surface area contributed by atoms with Gasteiger partial charge < -0.3 is 4.90 Å². The van der Waals surface area contributed by atoms with E-state index < -0.39 is 11.6 Å². The summed E-state index contributed by atoms with van der Waals surface area (Å²) >= 11 is 1.78. The average molecular weight is 254 g/mol. The molecular weight excluding hydrogens is 242 g/mol. The number of thioether (sulfide) groups is 1. The summed E-state index contributed by atoms with van der Waals surface area (Å²) in [6.07, 6.45) is 0. The highest BCUT2D eigenvalue weighted by Crippen LogP contribution is 2.29. The van der Waals surface area contributed by atoms with E-state index in [9.17, 15) is 8.78 Å². The van der Waals surface area contributed by atoms with Gasteiger partial charge in [-0.25, -0.2) is 8.78 Å². The van der Waals surface area contributed by atoms with Crippen molar-refractivity contribution in [2.24, 2.45) is 0 Å². The minimum atomic E-state index is -0.652. The van der Waals surface area contributed by atoms with E-state index in [-0.39, 0.29) is 17.3 Å². The number of nitrogens with zero attached hydrogens (tertiary/aromatic N) is 2. The highest BCUT2D eigenvalue weighted by atomic mass is 32.2. The third kappa shape index (κ3) is 2.37. The molecule has 0 aliphatic carbocycles. The standard InChI is InChI=1S/C12H12F2N2S/c1-8-7-17-3-2-16(8)12-10(13)4-9(6-15)5-11(12)14/h4-5,8H,2-3,7H2,1H3. The Morgan fingerprint density at radius 3 is 2.59 bits per heavy atom. The van der Waals surface area contributed by atoms with Crippen molar-refractivity contribution in [3.63, 3.8) is 0 Å². The molecule has 1 aromatic rings. The normalized spacial score (nSPS) is 20.1. The summed E-state index contributed by atoms with van der Waals surface area (Å²) in [5, 5.41) is 8.64. The summed E-state index contributed by atoms with van der Waals surface area (Å²) in [4.78, 5) is 1.74. The Morgan fingerprint density at radius 2 is 2.06 bits per heavy atom. The fourth-order valence-electron chi connectivity index (χ4n) is 1.96. The molecular formula is C12H12F2N2S. The molecule has 0 spiro atoms. The molecule has 1 unspecified atom stereocenters. The molecule has 90 valence electrons. The maximum Gasteiger partial charge on any atom is 0.150 e. The molecule has 1 aromatic carbocycles. The second kappa shape index (κ2) is 4.92. The molecule has 2 rings (SSSR count). The number of nitriles is 1. The predicted molar refractivity (Wildman–Crippen MR) is 65.2 cm³/mol. The van der Waals surface area contributed by atoms with Gasteiger partial charge in [-0.3, -0.25) is 0 Å². The average Bonchev–Trinajstić information content (AvgIpc) is 2.30. The number of hydrogen-bond acceptors (Lipinski definition) is 3. The SMILES string of the molecule is CC1CSCCN1c1c(F)cc(C#N)cc1F. The third-order valence-corrected chi connectivity index (χ3v) is 3.99. The molecule has 1 saturated heterocycles. The van der Waals surface area contributed by atoms with Gasteiger partial charge in [-0.1, -0.05) is 0 Å². The monoisotopic (exact) mass is 254 g/mol. The predicted octanol–water partition coefficient (Wildman–Crippen LogP) is 2.78. The summed E-state index contributed by atoms with van der Waals surface area (Å²) in [6.45, 7) is 2.58. The van der Waals surface area contributed by atoms with Crippen molar-refractivity contribution >= 4 is 17.4 Å². The van der Waals surface area contributed by atoms with Gasteiger partial charge in [-0.05, 0) is 19.1 Å². The molecule has 0 bridgehead atoms. The molecule has 1 aliphatic rings. The largest absolute Gasteiger partial charge is 0.362 e. The summed E-state index contributed by atoms with van der Waals surface area (Å²) in [6, 6.07) is 4.03. The molecule has 0 radical (unpaired) electrons. The first-order chi connectivity index (χ1) is 8.13. The third-order valence-electron chi connectivity index (χ3n) is 2.80. The maximum absolute atomic E-state index is 13.8. The lowest BCUT2D eigenvalue weighted by Gasteiger charge is -2.35. The van der Waals surface area contributed by atoms with Gasteiger partial charge >= 0.3 is 0 Å². The zero-order valence-corrected chi connectivity index (χ0v) is 10.2. The van der Waals surface area contributed by atoms with Crippen molar-refractivity contribution in [3.8, 4) is 6.07 Å².